The van der Waals surface area contributed by atoms with Crippen LogP contribution in [0.3, 0.4) is 0 Å². The lowest BCUT2D eigenvalue weighted by molar-refractivity contribution is 0.308. The highest BCUT2D eigenvalue weighted by atomic mass is 15.4. The third-order valence-electron chi connectivity index (χ3n) is 4.26. The van der Waals surface area contributed by atoms with Crippen LogP contribution >= 0.6 is 0 Å². The Kier molecular flexibility index (Phi) is 4.26. The van der Waals surface area contributed by atoms with E-state index in [-0.39, 0.29) is 0 Å². The quantitative estimate of drug-likeness (QED) is 0.335. The summed E-state index contributed by atoms with van der Waals surface area (Å²) < 4.78 is 0. The van der Waals surface area contributed by atoms with Crippen molar-refractivity contribution in [2.45, 2.75) is 76.9 Å². The van der Waals surface area contributed by atoms with Gasteiger partial charge in [-0.05, 0) is 39.0 Å². The Balaban J connectivity index is 2.09. The normalized spacial score (nSPS) is 31.2. The van der Waals surface area contributed by atoms with E-state index in [1.807, 2.05) is 0 Å². The Morgan fingerprint density at radius 2 is 2.00 bits per heavy atom. The summed E-state index contributed by atoms with van der Waals surface area (Å²) in [6.45, 7) is 4.52. The highest BCUT2D eigenvalue weighted by Gasteiger charge is 2.32. The first kappa shape index (κ1) is 12.7. The molecule has 0 radical (unpaired) electrons. The Bertz CT molecular complexity index is 271. The SMILES string of the molecule is CCC1CCC(C)N1C(=NC1CCCC1)NN. The number of rotatable bonds is 2. The van der Waals surface area contributed by atoms with Gasteiger partial charge >= 0.3 is 0 Å². The maximum Gasteiger partial charge on any atom is 0.209 e. The van der Waals surface area contributed by atoms with Crippen molar-refractivity contribution in [3.05, 3.63) is 0 Å². The van der Waals surface area contributed by atoms with Crippen LogP contribution in [0.15, 0.2) is 4.99 Å². The molecule has 2 fully saturated rings. The molecule has 4 heteroatoms. The van der Waals surface area contributed by atoms with Gasteiger partial charge in [-0.25, -0.2) is 10.8 Å². The first-order valence-corrected chi connectivity index (χ1v) is 7.09. The van der Waals surface area contributed by atoms with Crippen LogP contribution in [0.2, 0.25) is 0 Å². The third-order valence-corrected chi connectivity index (χ3v) is 4.26. The number of hydrogen-bond donors (Lipinski definition) is 2. The highest BCUT2D eigenvalue weighted by molar-refractivity contribution is 5.80. The molecule has 3 N–H and O–H groups in total. The molecule has 0 aromatic rings. The van der Waals surface area contributed by atoms with Gasteiger partial charge < -0.3 is 4.90 Å². The zero-order chi connectivity index (χ0) is 12.3. The number of nitrogens with two attached hydrogens (primary N) is 1. The second kappa shape index (κ2) is 5.71. The number of hydrazine groups is 1. The zero-order valence-corrected chi connectivity index (χ0v) is 11.2. The van der Waals surface area contributed by atoms with Crippen LogP contribution in [0, 0.1) is 0 Å². The molecule has 1 saturated heterocycles. The number of nitrogens with one attached hydrogen (secondary N) is 1. The van der Waals surface area contributed by atoms with Crippen LogP contribution in [0.4, 0.5) is 0 Å². The predicted octanol–water partition coefficient (Wildman–Crippen LogP) is 2.01. The second-order valence-electron chi connectivity index (χ2n) is 5.43. The summed E-state index contributed by atoms with van der Waals surface area (Å²) in [6.07, 6.45) is 8.79. The summed E-state index contributed by atoms with van der Waals surface area (Å²) in [4.78, 5) is 7.23. The number of guanidine groups is 1. The largest absolute Gasteiger partial charge is 0.336 e. The molecule has 1 heterocycles. The lowest BCUT2D eigenvalue weighted by atomic mass is 10.2. The van der Waals surface area contributed by atoms with E-state index in [9.17, 15) is 0 Å². The smallest absolute Gasteiger partial charge is 0.209 e. The summed E-state index contributed by atoms with van der Waals surface area (Å²) >= 11 is 0. The van der Waals surface area contributed by atoms with E-state index < -0.39 is 0 Å². The molecule has 0 aromatic heterocycles. The number of aliphatic imine (C=N–C) groups is 1. The van der Waals surface area contributed by atoms with Crippen LogP contribution in [0.1, 0.15) is 58.8 Å². The molecule has 0 spiro atoms. The van der Waals surface area contributed by atoms with Crippen molar-refractivity contribution >= 4 is 5.96 Å². The van der Waals surface area contributed by atoms with Crippen molar-refractivity contribution in [1.29, 1.82) is 0 Å². The van der Waals surface area contributed by atoms with E-state index in [0.717, 1.165) is 5.96 Å². The molecule has 1 saturated carbocycles. The monoisotopic (exact) mass is 238 g/mol. The maximum atomic E-state index is 5.69. The molecule has 4 nitrogen and oxygen atoms in total. The summed E-state index contributed by atoms with van der Waals surface area (Å²) in [7, 11) is 0. The van der Waals surface area contributed by atoms with Gasteiger partial charge in [-0.3, -0.25) is 5.43 Å². The van der Waals surface area contributed by atoms with Crippen molar-refractivity contribution in [2.24, 2.45) is 10.8 Å². The lowest BCUT2D eigenvalue weighted by Gasteiger charge is -2.31. The van der Waals surface area contributed by atoms with Crippen molar-refractivity contribution in [2.75, 3.05) is 0 Å². The minimum atomic E-state index is 0.492. The molecular weight excluding hydrogens is 212 g/mol. The Hall–Kier alpha value is -0.770. The van der Waals surface area contributed by atoms with Gasteiger partial charge in [-0.1, -0.05) is 19.8 Å². The van der Waals surface area contributed by atoms with Crippen LogP contribution in [-0.4, -0.2) is 29.0 Å². The van der Waals surface area contributed by atoms with Crippen LogP contribution < -0.4 is 11.3 Å². The van der Waals surface area contributed by atoms with Crippen LogP contribution in [0.5, 0.6) is 0 Å². The van der Waals surface area contributed by atoms with Gasteiger partial charge in [0.15, 0.2) is 0 Å². The fraction of sp³-hybridized carbons (Fsp3) is 0.923. The molecule has 0 aromatic carbocycles. The molecule has 2 atom stereocenters. The fourth-order valence-electron chi connectivity index (χ4n) is 3.24. The third kappa shape index (κ3) is 2.73. The molecule has 1 aliphatic carbocycles. The van der Waals surface area contributed by atoms with Crippen LogP contribution in [-0.2, 0) is 0 Å². The zero-order valence-electron chi connectivity index (χ0n) is 11.2. The average Bonchev–Trinajstić information content (AvgIpc) is 2.95. The predicted molar refractivity (Wildman–Crippen MR) is 71.6 cm³/mol. The number of hydrogen-bond acceptors (Lipinski definition) is 2. The summed E-state index contributed by atoms with van der Waals surface area (Å²) in [6, 6.07) is 1.67. The maximum absolute atomic E-state index is 5.69. The van der Waals surface area contributed by atoms with Crippen molar-refractivity contribution in [1.82, 2.24) is 10.3 Å². The Labute approximate surface area is 105 Å². The van der Waals surface area contributed by atoms with Gasteiger partial charge in [-0.15, -0.1) is 0 Å². The lowest BCUT2D eigenvalue weighted by Crippen LogP contribution is -2.50. The molecule has 2 aliphatic rings. The van der Waals surface area contributed by atoms with E-state index >= 15 is 0 Å². The first-order chi connectivity index (χ1) is 8.26. The van der Waals surface area contributed by atoms with E-state index in [1.165, 1.54) is 44.9 Å². The summed E-state index contributed by atoms with van der Waals surface area (Å²) in [5.74, 6) is 6.61. The van der Waals surface area contributed by atoms with Crippen molar-refractivity contribution < 1.29 is 0 Å². The van der Waals surface area contributed by atoms with Gasteiger partial charge in [0, 0.05) is 12.1 Å². The topological polar surface area (TPSA) is 53.6 Å². The Morgan fingerprint density at radius 1 is 1.29 bits per heavy atom. The van der Waals surface area contributed by atoms with Gasteiger partial charge in [0.2, 0.25) is 5.96 Å². The van der Waals surface area contributed by atoms with Gasteiger partial charge in [-0.2, -0.15) is 0 Å². The van der Waals surface area contributed by atoms with E-state index in [0.29, 0.717) is 18.1 Å². The molecule has 2 rings (SSSR count). The molecule has 1 aliphatic heterocycles. The second-order valence-corrected chi connectivity index (χ2v) is 5.43. The van der Waals surface area contributed by atoms with E-state index in [4.69, 9.17) is 10.8 Å². The number of nitrogens with zero attached hydrogens (tertiary/aromatic N) is 2. The minimum absolute atomic E-state index is 0.492. The van der Waals surface area contributed by atoms with Crippen LogP contribution in [0.25, 0.3) is 0 Å². The highest BCUT2D eigenvalue weighted by Crippen LogP contribution is 2.27. The fourth-order valence-corrected chi connectivity index (χ4v) is 3.24. The van der Waals surface area contributed by atoms with Gasteiger partial charge in [0.25, 0.3) is 0 Å². The Morgan fingerprint density at radius 3 is 2.59 bits per heavy atom. The molecular formula is C13H26N4. The van der Waals surface area contributed by atoms with E-state index in [1.54, 1.807) is 0 Å². The minimum Gasteiger partial charge on any atom is -0.336 e. The van der Waals surface area contributed by atoms with E-state index in [2.05, 4.69) is 24.2 Å². The number of likely N-dealkylation sites (tertiary alicyclic amines) is 1. The molecule has 17 heavy (non-hydrogen) atoms. The summed E-state index contributed by atoms with van der Waals surface area (Å²) in [5.41, 5.74) is 2.84. The standard InChI is InChI=1S/C13H26N4/c1-3-12-9-8-10(2)17(12)13(16-14)15-11-6-4-5-7-11/h10-12H,3-9,14H2,1-2H3,(H,15,16). The van der Waals surface area contributed by atoms with Gasteiger partial charge in [0.1, 0.15) is 0 Å². The van der Waals surface area contributed by atoms with Crippen molar-refractivity contribution in [3.8, 4) is 0 Å². The molecule has 98 valence electrons. The first-order valence-electron chi connectivity index (χ1n) is 7.09. The molecule has 0 amide bonds. The van der Waals surface area contributed by atoms with Gasteiger partial charge in [0.05, 0.1) is 6.04 Å². The summed E-state index contributed by atoms with van der Waals surface area (Å²) in [5, 5.41) is 0. The average molecular weight is 238 g/mol. The molecule has 0 bridgehead atoms. The molecule has 2 unspecified atom stereocenters. The van der Waals surface area contributed by atoms with Crippen molar-refractivity contribution in [3.63, 3.8) is 0 Å².